The average molecular weight is 342 g/mol. The first-order chi connectivity index (χ1) is 10.3. The molecule has 0 aromatic heterocycles. The van der Waals surface area contributed by atoms with Crippen LogP contribution >= 0.6 is 11.6 Å². The molecule has 0 radical (unpaired) electrons. The highest BCUT2D eigenvalue weighted by Crippen LogP contribution is 2.22. The third kappa shape index (κ3) is 4.29. The Morgan fingerprint density at radius 2 is 1.82 bits per heavy atom. The van der Waals surface area contributed by atoms with E-state index < -0.39 is 27.6 Å². The van der Waals surface area contributed by atoms with Gasteiger partial charge >= 0.3 is 0 Å². The van der Waals surface area contributed by atoms with E-state index in [0.717, 1.165) is 11.1 Å². The van der Waals surface area contributed by atoms with Crippen LogP contribution in [0.4, 0.5) is 4.39 Å². The second-order valence-electron chi connectivity index (χ2n) is 5.21. The van der Waals surface area contributed by atoms with E-state index in [1.54, 1.807) is 6.92 Å². The summed E-state index contributed by atoms with van der Waals surface area (Å²) < 4.78 is 40.7. The van der Waals surface area contributed by atoms with Crippen LogP contribution in [-0.4, -0.2) is 8.42 Å². The van der Waals surface area contributed by atoms with E-state index in [9.17, 15) is 12.8 Å². The Hall–Kier alpha value is -1.43. The molecule has 0 unspecified atom stereocenters. The summed E-state index contributed by atoms with van der Waals surface area (Å²) in [6.07, 6.45) is 0. The van der Waals surface area contributed by atoms with E-state index in [0.29, 0.717) is 0 Å². The lowest BCUT2D eigenvalue weighted by molar-refractivity contribution is 0.561. The van der Waals surface area contributed by atoms with Crippen molar-refractivity contribution in [1.29, 1.82) is 0 Å². The highest BCUT2D eigenvalue weighted by atomic mass is 35.5. The van der Waals surface area contributed by atoms with Crippen LogP contribution in [0.2, 0.25) is 5.02 Å². The summed E-state index contributed by atoms with van der Waals surface area (Å²) in [5.41, 5.74) is 1.92. The van der Waals surface area contributed by atoms with Gasteiger partial charge in [0.25, 0.3) is 0 Å². The molecule has 1 atom stereocenters. The Balaban J connectivity index is 2.16. The summed E-state index contributed by atoms with van der Waals surface area (Å²) >= 11 is 5.87. The van der Waals surface area contributed by atoms with Crippen LogP contribution < -0.4 is 4.72 Å². The smallest absolute Gasteiger partial charge is 0.212 e. The predicted octanol–water partition coefficient (Wildman–Crippen LogP) is 3.97. The van der Waals surface area contributed by atoms with Crippen LogP contribution in [0.15, 0.2) is 42.5 Å². The molecule has 22 heavy (non-hydrogen) atoms. The zero-order chi connectivity index (χ0) is 16.3. The molecule has 118 valence electrons. The van der Waals surface area contributed by atoms with Gasteiger partial charge in [-0.15, -0.1) is 0 Å². The van der Waals surface area contributed by atoms with Gasteiger partial charge < -0.3 is 0 Å². The average Bonchev–Trinajstić information content (AvgIpc) is 2.43. The second kappa shape index (κ2) is 6.77. The molecule has 0 bridgehead atoms. The van der Waals surface area contributed by atoms with Crippen LogP contribution in [0.5, 0.6) is 0 Å². The van der Waals surface area contributed by atoms with E-state index in [1.807, 2.05) is 31.2 Å². The standard InChI is InChI=1S/C16H17ClFNO2S/c1-11-6-8-13(9-7-11)12(2)19-22(20,21)10-14-15(17)4-3-5-16(14)18/h3-9,12,19H,10H2,1-2H3/t12-/m1/s1. The molecule has 2 aromatic rings. The van der Waals surface area contributed by atoms with Gasteiger partial charge in [-0.25, -0.2) is 17.5 Å². The molecular weight excluding hydrogens is 325 g/mol. The molecule has 0 spiro atoms. The number of rotatable bonds is 5. The summed E-state index contributed by atoms with van der Waals surface area (Å²) in [6, 6.07) is 11.2. The molecule has 0 aliphatic carbocycles. The normalized spacial score (nSPS) is 13.1. The fourth-order valence-electron chi connectivity index (χ4n) is 2.09. The number of nitrogens with one attached hydrogen (secondary N) is 1. The lowest BCUT2D eigenvalue weighted by Crippen LogP contribution is -2.28. The van der Waals surface area contributed by atoms with E-state index in [2.05, 4.69) is 4.72 Å². The predicted molar refractivity (Wildman–Crippen MR) is 86.8 cm³/mol. The van der Waals surface area contributed by atoms with Crippen molar-refractivity contribution >= 4 is 21.6 Å². The van der Waals surface area contributed by atoms with Gasteiger partial charge in [0.1, 0.15) is 5.82 Å². The molecule has 6 heteroatoms. The summed E-state index contributed by atoms with van der Waals surface area (Å²) in [5, 5.41) is 0.105. The number of sulfonamides is 1. The van der Waals surface area contributed by atoms with Crippen LogP contribution in [0.1, 0.15) is 29.7 Å². The SMILES string of the molecule is Cc1ccc([C@@H](C)NS(=O)(=O)Cc2c(F)cccc2Cl)cc1. The van der Waals surface area contributed by atoms with Gasteiger partial charge in [0.15, 0.2) is 0 Å². The zero-order valence-corrected chi connectivity index (χ0v) is 13.9. The van der Waals surface area contributed by atoms with Crippen molar-refractivity contribution in [3.05, 3.63) is 70.0 Å². The maximum atomic E-state index is 13.7. The van der Waals surface area contributed by atoms with Crippen molar-refractivity contribution < 1.29 is 12.8 Å². The molecule has 1 N–H and O–H groups in total. The largest absolute Gasteiger partial charge is 0.216 e. The van der Waals surface area contributed by atoms with Crippen LogP contribution in [-0.2, 0) is 15.8 Å². The second-order valence-corrected chi connectivity index (χ2v) is 7.37. The minimum Gasteiger partial charge on any atom is -0.212 e. The van der Waals surface area contributed by atoms with Gasteiger partial charge in [-0.3, -0.25) is 0 Å². The fraction of sp³-hybridized carbons (Fsp3) is 0.250. The first-order valence-corrected chi connectivity index (χ1v) is 8.81. The Morgan fingerprint density at radius 1 is 1.18 bits per heavy atom. The quantitative estimate of drug-likeness (QED) is 0.894. The first kappa shape index (κ1) is 16.9. The van der Waals surface area contributed by atoms with Crippen LogP contribution in [0, 0.1) is 12.7 Å². The Bertz CT molecular complexity index is 740. The maximum Gasteiger partial charge on any atom is 0.216 e. The van der Waals surface area contributed by atoms with Gasteiger partial charge in [0.2, 0.25) is 10.0 Å². The number of halogens is 2. The van der Waals surface area contributed by atoms with Crippen molar-refractivity contribution in [2.45, 2.75) is 25.6 Å². The summed E-state index contributed by atoms with van der Waals surface area (Å²) in [7, 11) is -3.71. The highest BCUT2D eigenvalue weighted by Gasteiger charge is 2.20. The lowest BCUT2D eigenvalue weighted by Gasteiger charge is -2.15. The third-order valence-corrected chi connectivity index (χ3v) is 5.07. The Labute approximate surface area is 135 Å². The summed E-state index contributed by atoms with van der Waals surface area (Å²) in [4.78, 5) is 0. The molecule has 0 saturated heterocycles. The van der Waals surface area contributed by atoms with Gasteiger partial charge in [-0.2, -0.15) is 0 Å². The van der Waals surface area contributed by atoms with Gasteiger partial charge in [0, 0.05) is 16.6 Å². The molecule has 2 aromatic carbocycles. The summed E-state index contributed by atoms with van der Waals surface area (Å²) in [5.74, 6) is -1.12. The lowest BCUT2D eigenvalue weighted by atomic mass is 10.1. The number of aryl methyl sites for hydroxylation is 1. The molecule has 0 amide bonds. The molecule has 0 heterocycles. The van der Waals surface area contributed by atoms with Gasteiger partial charge in [-0.05, 0) is 31.5 Å². The molecular formula is C16H17ClFNO2S. The molecule has 0 aliphatic heterocycles. The van der Waals surface area contributed by atoms with Crippen molar-refractivity contribution in [2.24, 2.45) is 0 Å². The minimum atomic E-state index is -3.71. The molecule has 0 saturated carbocycles. The van der Waals surface area contributed by atoms with Crippen LogP contribution in [0.25, 0.3) is 0 Å². The van der Waals surface area contributed by atoms with E-state index >= 15 is 0 Å². The monoisotopic (exact) mass is 341 g/mol. The Morgan fingerprint density at radius 3 is 2.41 bits per heavy atom. The molecule has 2 rings (SSSR count). The number of benzene rings is 2. The molecule has 0 fully saturated rings. The Kier molecular flexibility index (Phi) is 5.21. The van der Waals surface area contributed by atoms with Crippen molar-refractivity contribution in [1.82, 2.24) is 4.72 Å². The third-order valence-electron chi connectivity index (χ3n) is 3.33. The first-order valence-electron chi connectivity index (χ1n) is 6.78. The topological polar surface area (TPSA) is 46.2 Å². The highest BCUT2D eigenvalue weighted by molar-refractivity contribution is 7.88. The number of hydrogen-bond acceptors (Lipinski definition) is 2. The van der Waals surface area contributed by atoms with Crippen molar-refractivity contribution in [3.63, 3.8) is 0 Å². The van der Waals surface area contributed by atoms with E-state index in [1.165, 1.54) is 18.2 Å². The zero-order valence-electron chi connectivity index (χ0n) is 12.3. The van der Waals surface area contributed by atoms with Crippen LogP contribution in [0.3, 0.4) is 0 Å². The number of hydrogen-bond donors (Lipinski definition) is 1. The minimum absolute atomic E-state index is 0.0206. The fourth-order valence-corrected chi connectivity index (χ4v) is 3.83. The van der Waals surface area contributed by atoms with Crippen molar-refractivity contribution in [2.75, 3.05) is 0 Å². The molecule has 0 aliphatic rings. The summed E-state index contributed by atoms with van der Waals surface area (Å²) in [6.45, 7) is 3.70. The van der Waals surface area contributed by atoms with E-state index in [-0.39, 0.29) is 10.6 Å². The molecule has 3 nitrogen and oxygen atoms in total. The maximum absolute atomic E-state index is 13.7. The van der Waals surface area contributed by atoms with Gasteiger partial charge in [0.05, 0.1) is 5.75 Å². The van der Waals surface area contributed by atoms with E-state index in [4.69, 9.17) is 11.6 Å². The van der Waals surface area contributed by atoms with Crippen molar-refractivity contribution in [3.8, 4) is 0 Å². The van der Waals surface area contributed by atoms with Gasteiger partial charge in [-0.1, -0.05) is 47.5 Å².